The van der Waals surface area contributed by atoms with Gasteiger partial charge in [-0.2, -0.15) is 0 Å². The Hall–Kier alpha value is -2.36. The second-order valence-electron chi connectivity index (χ2n) is 6.11. The first-order chi connectivity index (χ1) is 11.5. The van der Waals surface area contributed by atoms with Gasteiger partial charge in [0.15, 0.2) is 0 Å². The first-order valence-corrected chi connectivity index (χ1v) is 8.54. The molecule has 0 radical (unpaired) electrons. The van der Waals surface area contributed by atoms with Gasteiger partial charge in [-0.3, -0.25) is 0 Å². The molecule has 2 aromatic rings. The maximum atomic E-state index is 12.0. The molecule has 0 saturated carbocycles. The van der Waals surface area contributed by atoms with Gasteiger partial charge in [-0.15, -0.1) is 0 Å². The molecule has 0 aliphatic carbocycles. The van der Waals surface area contributed by atoms with Crippen molar-refractivity contribution in [2.24, 2.45) is 0 Å². The molecule has 0 aliphatic rings. The van der Waals surface area contributed by atoms with Gasteiger partial charge in [-0.1, -0.05) is 43.2 Å². The topological polar surface area (TPSA) is 53.4 Å². The molecule has 0 unspecified atom stereocenters. The zero-order valence-corrected chi connectivity index (χ0v) is 15.0. The lowest BCUT2D eigenvalue weighted by molar-refractivity contribution is 0.0698. The number of carboxylic acid groups (broad SMARTS) is 1. The number of anilines is 1. The van der Waals surface area contributed by atoms with Gasteiger partial charge < -0.3 is 10.0 Å². The Balaban J connectivity index is 2.63. The standard InChI is InChI=1S/C20H26N2O2/c1-5-7-12-22(6-2)19-18(20(23)24)17(13-15(4)21-19)16-10-8-14(3)9-11-16/h8-11,13H,5-7,12H2,1-4H3,(H,23,24). The smallest absolute Gasteiger partial charge is 0.340 e. The summed E-state index contributed by atoms with van der Waals surface area (Å²) < 4.78 is 0. The molecule has 0 aliphatic heterocycles. The molecule has 1 aromatic heterocycles. The van der Waals surface area contributed by atoms with Crippen LogP contribution in [0.15, 0.2) is 30.3 Å². The quantitative estimate of drug-likeness (QED) is 0.802. The van der Waals surface area contributed by atoms with E-state index in [1.165, 1.54) is 0 Å². The summed E-state index contributed by atoms with van der Waals surface area (Å²) >= 11 is 0. The average molecular weight is 326 g/mol. The molecule has 2 rings (SSSR count). The first-order valence-electron chi connectivity index (χ1n) is 8.54. The van der Waals surface area contributed by atoms with Crippen molar-refractivity contribution >= 4 is 11.8 Å². The Kier molecular flexibility index (Phi) is 5.96. The maximum absolute atomic E-state index is 12.0. The van der Waals surface area contributed by atoms with Crippen LogP contribution < -0.4 is 4.90 Å². The molecule has 1 heterocycles. The van der Waals surface area contributed by atoms with Crippen molar-refractivity contribution in [1.82, 2.24) is 4.98 Å². The van der Waals surface area contributed by atoms with E-state index in [-0.39, 0.29) is 0 Å². The number of hydrogen-bond acceptors (Lipinski definition) is 3. The number of hydrogen-bond donors (Lipinski definition) is 1. The average Bonchev–Trinajstić information content (AvgIpc) is 2.55. The van der Waals surface area contributed by atoms with Gasteiger partial charge in [0, 0.05) is 24.3 Å². The van der Waals surface area contributed by atoms with Gasteiger partial charge in [0.2, 0.25) is 0 Å². The molecule has 0 bridgehead atoms. The van der Waals surface area contributed by atoms with Crippen LogP contribution in [0.25, 0.3) is 11.1 Å². The van der Waals surface area contributed by atoms with E-state index >= 15 is 0 Å². The van der Waals surface area contributed by atoms with E-state index in [0.29, 0.717) is 11.4 Å². The predicted molar refractivity (Wildman–Crippen MR) is 98.9 cm³/mol. The molecule has 0 fully saturated rings. The van der Waals surface area contributed by atoms with Crippen LogP contribution in [0, 0.1) is 13.8 Å². The molecule has 4 nitrogen and oxygen atoms in total. The zero-order valence-electron chi connectivity index (χ0n) is 15.0. The molecule has 0 spiro atoms. The summed E-state index contributed by atoms with van der Waals surface area (Å²) in [5.41, 5.74) is 3.93. The Morgan fingerprint density at radius 2 is 1.83 bits per heavy atom. The number of carbonyl (C=O) groups is 1. The normalized spacial score (nSPS) is 10.7. The highest BCUT2D eigenvalue weighted by molar-refractivity contribution is 6.01. The van der Waals surface area contributed by atoms with E-state index in [2.05, 4.69) is 16.8 Å². The lowest BCUT2D eigenvalue weighted by Crippen LogP contribution is -2.27. The third kappa shape index (κ3) is 3.94. The van der Waals surface area contributed by atoms with Crippen LogP contribution in [0.2, 0.25) is 0 Å². The van der Waals surface area contributed by atoms with E-state index < -0.39 is 5.97 Å². The summed E-state index contributed by atoms with van der Waals surface area (Å²) in [5.74, 6) is -0.350. The lowest BCUT2D eigenvalue weighted by Gasteiger charge is -2.25. The van der Waals surface area contributed by atoms with E-state index in [9.17, 15) is 9.90 Å². The summed E-state index contributed by atoms with van der Waals surface area (Å²) in [4.78, 5) is 18.7. The number of unbranched alkanes of at least 4 members (excludes halogenated alkanes) is 1. The highest BCUT2D eigenvalue weighted by atomic mass is 16.4. The molecular formula is C20H26N2O2. The van der Waals surface area contributed by atoms with Gasteiger partial charge in [0.25, 0.3) is 0 Å². The first kappa shape index (κ1) is 18.0. The largest absolute Gasteiger partial charge is 0.478 e. The van der Waals surface area contributed by atoms with Gasteiger partial charge in [0.1, 0.15) is 11.4 Å². The second-order valence-corrected chi connectivity index (χ2v) is 6.11. The van der Waals surface area contributed by atoms with Crippen LogP contribution in [0.3, 0.4) is 0 Å². The van der Waals surface area contributed by atoms with Crippen LogP contribution in [-0.4, -0.2) is 29.1 Å². The molecule has 0 atom stereocenters. The zero-order chi connectivity index (χ0) is 17.7. The Morgan fingerprint density at radius 1 is 1.17 bits per heavy atom. The predicted octanol–water partition coefficient (Wildman–Crippen LogP) is 4.69. The monoisotopic (exact) mass is 326 g/mol. The summed E-state index contributed by atoms with van der Waals surface area (Å²) in [6.07, 6.45) is 2.08. The fourth-order valence-corrected chi connectivity index (χ4v) is 2.82. The highest BCUT2D eigenvalue weighted by Gasteiger charge is 2.22. The highest BCUT2D eigenvalue weighted by Crippen LogP contribution is 2.31. The Labute approximate surface area is 144 Å². The van der Waals surface area contributed by atoms with Crippen molar-refractivity contribution < 1.29 is 9.90 Å². The summed E-state index contributed by atoms with van der Waals surface area (Å²) in [6, 6.07) is 9.83. The minimum Gasteiger partial charge on any atom is -0.478 e. The minimum absolute atomic E-state index is 0.294. The van der Waals surface area contributed by atoms with Crippen molar-refractivity contribution in [1.29, 1.82) is 0 Å². The number of rotatable bonds is 7. The number of aromatic nitrogens is 1. The Morgan fingerprint density at radius 3 is 2.38 bits per heavy atom. The van der Waals surface area contributed by atoms with Crippen molar-refractivity contribution in [2.45, 2.75) is 40.5 Å². The van der Waals surface area contributed by atoms with E-state index in [4.69, 9.17) is 0 Å². The number of carboxylic acids is 1. The Bertz CT molecular complexity index is 708. The molecular weight excluding hydrogens is 300 g/mol. The van der Waals surface area contributed by atoms with Crippen molar-refractivity contribution in [2.75, 3.05) is 18.0 Å². The van der Waals surface area contributed by atoms with Crippen LogP contribution in [0.4, 0.5) is 5.82 Å². The molecule has 24 heavy (non-hydrogen) atoms. The van der Waals surface area contributed by atoms with Crippen LogP contribution in [-0.2, 0) is 0 Å². The van der Waals surface area contributed by atoms with Crippen LogP contribution >= 0.6 is 0 Å². The lowest BCUT2D eigenvalue weighted by atomic mass is 9.98. The summed E-state index contributed by atoms with van der Waals surface area (Å²) in [5, 5.41) is 9.86. The molecule has 128 valence electrons. The van der Waals surface area contributed by atoms with E-state index in [1.54, 1.807) is 0 Å². The van der Waals surface area contributed by atoms with Gasteiger partial charge in [-0.25, -0.2) is 9.78 Å². The number of pyridine rings is 1. The molecule has 0 saturated heterocycles. The van der Waals surface area contributed by atoms with E-state index in [0.717, 1.165) is 48.3 Å². The third-order valence-corrected chi connectivity index (χ3v) is 4.17. The number of aryl methyl sites for hydroxylation is 2. The number of nitrogens with zero attached hydrogens (tertiary/aromatic N) is 2. The minimum atomic E-state index is -0.928. The van der Waals surface area contributed by atoms with Crippen LogP contribution in [0.1, 0.15) is 48.3 Å². The fraction of sp³-hybridized carbons (Fsp3) is 0.400. The van der Waals surface area contributed by atoms with Gasteiger partial charge in [0.05, 0.1) is 0 Å². The maximum Gasteiger partial charge on any atom is 0.340 e. The van der Waals surface area contributed by atoms with Crippen molar-refractivity contribution in [3.8, 4) is 11.1 Å². The molecule has 1 N–H and O–H groups in total. The third-order valence-electron chi connectivity index (χ3n) is 4.17. The number of aromatic carboxylic acids is 1. The fourth-order valence-electron chi connectivity index (χ4n) is 2.82. The SMILES string of the molecule is CCCCN(CC)c1nc(C)cc(-c2ccc(C)cc2)c1C(=O)O. The molecule has 4 heteroatoms. The van der Waals surface area contributed by atoms with Gasteiger partial charge in [-0.05, 0) is 38.8 Å². The van der Waals surface area contributed by atoms with Crippen molar-refractivity contribution in [3.63, 3.8) is 0 Å². The molecule has 1 aromatic carbocycles. The van der Waals surface area contributed by atoms with Gasteiger partial charge >= 0.3 is 5.97 Å². The second kappa shape index (κ2) is 7.95. The summed E-state index contributed by atoms with van der Waals surface area (Å²) in [6.45, 7) is 9.67. The molecule has 0 amide bonds. The van der Waals surface area contributed by atoms with Crippen molar-refractivity contribution in [3.05, 3.63) is 47.2 Å². The number of benzene rings is 1. The van der Waals surface area contributed by atoms with E-state index in [1.807, 2.05) is 51.1 Å². The summed E-state index contributed by atoms with van der Waals surface area (Å²) in [7, 11) is 0. The van der Waals surface area contributed by atoms with Crippen LogP contribution in [0.5, 0.6) is 0 Å².